The van der Waals surface area contributed by atoms with Crippen molar-refractivity contribution in [2.24, 2.45) is 0 Å². The van der Waals surface area contributed by atoms with E-state index in [1.165, 1.54) is 0 Å². The quantitative estimate of drug-likeness (QED) is 0.832. The SMILES string of the molecule is O=C(O)Cc1ccc(CNc2cc(F)cc(F)c2F)cc1. The molecule has 0 spiro atoms. The molecule has 0 saturated carbocycles. The van der Waals surface area contributed by atoms with E-state index >= 15 is 0 Å². The van der Waals surface area contributed by atoms with Crippen molar-refractivity contribution in [3.63, 3.8) is 0 Å². The molecule has 0 bridgehead atoms. The average molecular weight is 295 g/mol. The molecule has 2 N–H and O–H groups in total. The van der Waals surface area contributed by atoms with E-state index in [4.69, 9.17) is 5.11 Å². The van der Waals surface area contributed by atoms with Crippen molar-refractivity contribution in [2.75, 3.05) is 5.32 Å². The van der Waals surface area contributed by atoms with Crippen LogP contribution in [0.25, 0.3) is 0 Å². The first-order chi connectivity index (χ1) is 9.95. The Hall–Kier alpha value is -2.50. The molecule has 110 valence electrons. The summed E-state index contributed by atoms with van der Waals surface area (Å²) in [5.74, 6) is -4.19. The predicted molar refractivity (Wildman–Crippen MR) is 71.4 cm³/mol. The summed E-state index contributed by atoms with van der Waals surface area (Å²) >= 11 is 0. The molecule has 0 unspecified atom stereocenters. The van der Waals surface area contributed by atoms with Crippen LogP contribution in [0.4, 0.5) is 18.9 Å². The van der Waals surface area contributed by atoms with Crippen LogP contribution < -0.4 is 5.32 Å². The molecule has 0 heterocycles. The molecule has 0 aliphatic rings. The number of halogens is 3. The van der Waals surface area contributed by atoms with Gasteiger partial charge in [-0.1, -0.05) is 24.3 Å². The zero-order chi connectivity index (χ0) is 15.4. The van der Waals surface area contributed by atoms with Gasteiger partial charge in [-0.15, -0.1) is 0 Å². The number of anilines is 1. The molecule has 0 aliphatic carbocycles. The van der Waals surface area contributed by atoms with Gasteiger partial charge in [0.05, 0.1) is 12.1 Å². The second-order valence-corrected chi connectivity index (χ2v) is 4.49. The third kappa shape index (κ3) is 3.98. The van der Waals surface area contributed by atoms with Gasteiger partial charge in [-0.2, -0.15) is 0 Å². The van der Waals surface area contributed by atoms with Crippen molar-refractivity contribution >= 4 is 11.7 Å². The van der Waals surface area contributed by atoms with Gasteiger partial charge in [0.15, 0.2) is 11.6 Å². The average Bonchev–Trinajstić information content (AvgIpc) is 2.42. The number of nitrogens with one attached hydrogen (secondary N) is 1. The fraction of sp³-hybridized carbons (Fsp3) is 0.133. The van der Waals surface area contributed by atoms with Crippen molar-refractivity contribution in [2.45, 2.75) is 13.0 Å². The van der Waals surface area contributed by atoms with Crippen LogP contribution >= 0.6 is 0 Å². The number of rotatable bonds is 5. The molecule has 0 atom stereocenters. The van der Waals surface area contributed by atoms with Crippen LogP contribution in [0.1, 0.15) is 11.1 Å². The molecule has 2 rings (SSSR count). The summed E-state index contributed by atoms with van der Waals surface area (Å²) in [6.07, 6.45) is -0.0859. The molecule has 2 aromatic rings. The molecule has 0 amide bonds. The maximum Gasteiger partial charge on any atom is 0.307 e. The smallest absolute Gasteiger partial charge is 0.307 e. The molecule has 0 aliphatic heterocycles. The summed E-state index contributed by atoms with van der Waals surface area (Å²) in [5.41, 5.74) is 1.10. The van der Waals surface area contributed by atoms with Gasteiger partial charge < -0.3 is 10.4 Å². The maximum atomic E-state index is 13.4. The predicted octanol–water partition coefficient (Wildman–Crippen LogP) is 3.34. The molecule has 0 radical (unpaired) electrons. The van der Waals surface area contributed by atoms with Crippen LogP contribution in [0.2, 0.25) is 0 Å². The Kier molecular flexibility index (Phi) is 4.47. The Morgan fingerprint density at radius 3 is 2.29 bits per heavy atom. The highest BCUT2D eigenvalue weighted by molar-refractivity contribution is 5.70. The lowest BCUT2D eigenvalue weighted by atomic mass is 10.1. The van der Waals surface area contributed by atoms with Gasteiger partial charge in [-0.05, 0) is 11.1 Å². The summed E-state index contributed by atoms with van der Waals surface area (Å²) in [6, 6.07) is 7.94. The lowest BCUT2D eigenvalue weighted by Gasteiger charge is -2.09. The zero-order valence-electron chi connectivity index (χ0n) is 10.9. The number of carboxylic acid groups (broad SMARTS) is 1. The molecule has 21 heavy (non-hydrogen) atoms. The standard InChI is InChI=1S/C15H12F3NO2/c16-11-6-12(17)15(18)13(7-11)19-8-10-3-1-9(2-4-10)5-14(20)21/h1-4,6-7,19H,5,8H2,(H,20,21). The zero-order valence-corrected chi connectivity index (χ0v) is 10.9. The number of carboxylic acids is 1. The van der Waals surface area contributed by atoms with Crippen LogP contribution in [-0.2, 0) is 17.8 Å². The lowest BCUT2D eigenvalue weighted by Crippen LogP contribution is -2.04. The van der Waals surface area contributed by atoms with E-state index in [9.17, 15) is 18.0 Å². The molecule has 6 heteroatoms. The minimum Gasteiger partial charge on any atom is -0.481 e. The highest BCUT2D eigenvalue weighted by Gasteiger charge is 2.10. The van der Waals surface area contributed by atoms with Crippen LogP contribution in [0, 0.1) is 17.5 Å². The highest BCUT2D eigenvalue weighted by Crippen LogP contribution is 2.20. The van der Waals surface area contributed by atoms with E-state index < -0.39 is 23.4 Å². The fourth-order valence-corrected chi connectivity index (χ4v) is 1.83. The van der Waals surface area contributed by atoms with Gasteiger partial charge >= 0.3 is 5.97 Å². The number of aliphatic carboxylic acids is 1. The summed E-state index contributed by atoms with van der Waals surface area (Å²) < 4.78 is 39.5. The van der Waals surface area contributed by atoms with Crippen molar-refractivity contribution in [1.82, 2.24) is 0 Å². The van der Waals surface area contributed by atoms with Crippen molar-refractivity contribution in [3.05, 3.63) is 65.0 Å². The van der Waals surface area contributed by atoms with Gasteiger partial charge in [0.2, 0.25) is 0 Å². The maximum absolute atomic E-state index is 13.4. The van der Waals surface area contributed by atoms with Gasteiger partial charge in [0.1, 0.15) is 5.82 Å². The van der Waals surface area contributed by atoms with E-state index in [0.29, 0.717) is 11.6 Å². The minimum atomic E-state index is -1.26. The summed E-state index contributed by atoms with van der Waals surface area (Å²) in [6.45, 7) is 0.160. The highest BCUT2D eigenvalue weighted by atomic mass is 19.2. The monoisotopic (exact) mass is 295 g/mol. The van der Waals surface area contributed by atoms with Gasteiger partial charge in [-0.25, -0.2) is 13.2 Å². The van der Waals surface area contributed by atoms with Gasteiger partial charge in [-0.3, -0.25) is 4.79 Å². The minimum absolute atomic E-state index is 0.0859. The molecule has 0 saturated heterocycles. The molecule has 0 fully saturated rings. The summed E-state index contributed by atoms with van der Waals surface area (Å²) in [4.78, 5) is 10.5. The first kappa shape index (κ1) is 14.9. The van der Waals surface area contributed by atoms with E-state index in [2.05, 4.69) is 5.32 Å². The fourth-order valence-electron chi connectivity index (χ4n) is 1.83. The number of hydrogen-bond donors (Lipinski definition) is 2. The van der Waals surface area contributed by atoms with E-state index in [1.807, 2.05) is 0 Å². The third-order valence-corrected chi connectivity index (χ3v) is 2.85. The van der Waals surface area contributed by atoms with Crippen molar-refractivity contribution in [3.8, 4) is 0 Å². The lowest BCUT2D eigenvalue weighted by molar-refractivity contribution is -0.136. The molecule has 0 aromatic heterocycles. The molecular formula is C15H12F3NO2. The van der Waals surface area contributed by atoms with Crippen LogP contribution in [0.5, 0.6) is 0 Å². The van der Waals surface area contributed by atoms with Crippen molar-refractivity contribution in [1.29, 1.82) is 0 Å². The number of carbonyl (C=O) groups is 1. The second kappa shape index (κ2) is 6.30. The Bertz CT molecular complexity index is 657. The van der Waals surface area contributed by atoms with Gasteiger partial charge in [0.25, 0.3) is 0 Å². The second-order valence-electron chi connectivity index (χ2n) is 4.49. The summed E-state index contributed by atoms with van der Waals surface area (Å²) in [7, 11) is 0. The van der Waals surface area contributed by atoms with E-state index in [0.717, 1.165) is 11.6 Å². The van der Waals surface area contributed by atoms with Crippen LogP contribution in [0.3, 0.4) is 0 Å². The first-order valence-corrected chi connectivity index (χ1v) is 6.13. The largest absolute Gasteiger partial charge is 0.481 e. The van der Waals surface area contributed by atoms with Crippen molar-refractivity contribution < 1.29 is 23.1 Å². The van der Waals surface area contributed by atoms with Gasteiger partial charge in [0, 0.05) is 18.7 Å². The third-order valence-electron chi connectivity index (χ3n) is 2.85. The molecule has 2 aromatic carbocycles. The van der Waals surface area contributed by atoms with Crippen LogP contribution in [0.15, 0.2) is 36.4 Å². The topological polar surface area (TPSA) is 49.3 Å². The van der Waals surface area contributed by atoms with Crippen LogP contribution in [-0.4, -0.2) is 11.1 Å². The van der Waals surface area contributed by atoms with E-state index in [1.54, 1.807) is 24.3 Å². The Morgan fingerprint density at radius 1 is 1.05 bits per heavy atom. The Labute approximate surface area is 119 Å². The normalized spacial score (nSPS) is 10.4. The number of benzene rings is 2. The first-order valence-electron chi connectivity index (χ1n) is 6.13. The molecular weight excluding hydrogens is 283 g/mol. The summed E-state index contributed by atoms with van der Waals surface area (Å²) in [5, 5.41) is 11.2. The molecule has 3 nitrogen and oxygen atoms in total. The van der Waals surface area contributed by atoms with E-state index in [-0.39, 0.29) is 18.7 Å². The number of hydrogen-bond acceptors (Lipinski definition) is 2. The Morgan fingerprint density at radius 2 is 1.67 bits per heavy atom. The Balaban J connectivity index is 2.05.